The molecule has 0 N–H and O–H groups in total. The molecule has 0 aromatic heterocycles. The highest BCUT2D eigenvalue weighted by molar-refractivity contribution is 5.94. The van der Waals surface area contributed by atoms with E-state index in [-0.39, 0.29) is 5.78 Å². The molecule has 1 nitrogen and oxygen atoms in total. The lowest BCUT2D eigenvalue weighted by Crippen LogP contribution is -2.13. The molecule has 0 radical (unpaired) electrons. The predicted octanol–water partition coefficient (Wildman–Crippen LogP) is 6.52. The van der Waals surface area contributed by atoms with E-state index < -0.39 is 0 Å². The van der Waals surface area contributed by atoms with E-state index in [4.69, 9.17) is 0 Å². The van der Waals surface area contributed by atoms with Crippen molar-refractivity contribution in [1.82, 2.24) is 0 Å². The molecule has 1 heteroatoms. The quantitative estimate of drug-likeness (QED) is 0.394. The maximum absolute atomic E-state index is 11.3. The van der Waals surface area contributed by atoms with E-state index in [1.54, 1.807) is 6.92 Å². The van der Waals surface area contributed by atoms with Gasteiger partial charge in [0, 0.05) is 5.56 Å². The SMILES string of the molecule is CCCCCCCC1CCC(c2ccc(C(C)=O)cc2)CC1. The van der Waals surface area contributed by atoms with Crippen LogP contribution in [-0.2, 0) is 0 Å². The Morgan fingerprint density at radius 1 is 0.955 bits per heavy atom. The zero-order chi connectivity index (χ0) is 15.8. The minimum Gasteiger partial charge on any atom is -0.295 e. The standard InChI is InChI=1S/C21H32O/c1-3-4-5-6-7-8-18-9-11-20(12-10-18)21-15-13-19(14-16-21)17(2)22/h13-16,18,20H,3-12H2,1-2H3. The van der Waals surface area contributed by atoms with E-state index in [1.807, 2.05) is 12.1 Å². The molecule has 1 aliphatic carbocycles. The van der Waals surface area contributed by atoms with Crippen LogP contribution in [-0.4, -0.2) is 5.78 Å². The van der Waals surface area contributed by atoms with Gasteiger partial charge in [0.15, 0.2) is 5.78 Å². The van der Waals surface area contributed by atoms with Crippen molar-refractivity contribution in [1.29, 1.82) is 0 Å². The Kier molecular flexibility index (Phi) is 7.15. The summed E-state index contributed by atoms with van der Waals surface area (Å²) in [5.41, 5.74) is 2.27. The number of hydrogen-bond acceptors (Lipinski definition) is 1. The first-order valence-electron chi connectivity index (χ1n) is 9.31. The average Bonchev–Trinajstić information content (AvgIpc) is 2.55. The fraction of sp³-hybridized carbons (Fsp3) is 0.667. The van der Waals surface area contributed by atoms with E-state index in [0.29, 0.717) is 0 Å². The molecule has 1 aromatic rings. The molecule has 0 atom stereocenters. The zero-order valence-corrected chi connectivity index (χ0v) is 14.4. The van der Waals surface area contributed by atoms with Crippen LogP contribution in [0.1, 0.15) is 99.9 Å². The molecule has 1 aromatic carbocycles. The van der Waals surface area contributed by atoms with Gasteiger partial charge < -0.3 is 0 Å². The van der Waals surface area contributed by atoms with Gasteiger partial charge in [-0.3, -0.25) is 4.79 Å². The van der Waals surface area contributed by atoms with Crippen LogP contribution in [0.25, 0.3) is 0 Å². The van der Waals surface area contributed by atoms with Crippen LogP contribution in [0.3, 0.4) is 0 Å². The number of carbonyl (C=O) groups is 1. The lowest BCUT2D eigenvalue weighted by molar-refractivity contribution is 0.101. The second-order valence-electron chi connectivity index (χ2n) is 7.10. The summed E-state index contributed by atoms with van der Waals surface area (Å²) in [5.74, 6) is 1.85. The van der Waals surface area contributed by atoms with E-state index >= 15 is 0 Å². The Morgan fingerprint density at radius 2 is 1.59 bits per heavy atom. The highest BCUT2D eigenvalue weighted by atomic mass is 16.1. The van der Waals surface area contributed by atoms with E-state index in [0.717, 1.165) is 17.4 Å². The third kappa shape index (κ3) is 5.26. The number of benzene rings is 1. The third-order valence-electron chi connectivity index (χ3n) is 5.35. The summed E-state index contributed by atoms with van der Waals surface area (Å²) < 4.78 is 0. The molecular weight excluding hydrogens is 268 g/mol. The molecule has 122 valence electrons. The Balaban J connectivity index is 1.71. The molecule has 0 amide bonds. The molecule has 0 heterocycles. The third-order valence-corrected chi connectivity index (χ3v) is 5.35. The number of carbonyl (C=O) groups excluding carboxylic acids is 1. The second-order valence-corrected chi connectivity index (χ2v) is 7.10. The van der Waals surface area contributed by atoms with Crippen LogP contribution >= 0.6 is 0 Å². The zero-order valence-electron chi connectivity index (χ0n) is 14.4. The van der Waals surface area contributed by atoms with Gasteiger partial charge in [0.05, 0.1) is 0 Å². The number of Topliss-reactive ketones (excluding diaryl/α,β-unsaturated/α-hetero) is 1. The fourth-order valence-corrected chi connectivity index (χ4v) is 3.81. The van der Waals surface area contributed by atoms with Gasteiger partial charge in [-0.05, 0) is 50.0 Å². The van der Waals surface area contributed by atoms with Gasteiger partial charge in [-0.25, -0.2) is 0 Å². The van der Waals surface area contributed by atoms with Crippen molar-refractivity contribution in [3.8, 4) is 0 Å². The molecule has 0 spiro atoms. The van der Waals surface area contributed by atoms with Crippen molar-refractivity contribution >= 4 is 5.78 Å². The lowest BCUT2D eigenvalue weighted by atomic mass is 9.77. The summed E-state index contributed by atoms with van der Waals surface area (Å²) in [5, 5.41) is 0. The highest BCUT2D eigenvalue weighted by Gasteiger charge is 2.22. The maximum atomic E-state index is 11.3. The smallest absolute Gasteiger partial charge is 0.159 e. The van der Waals surface area contributed by atoms with Gasteiger partial charge in [0.2, 0.25) is 0 Å². The summed E-state index contributed by atoms with van der Waals surface area (Å²) in [6.45, 7) is 3.92. The van der Waals surface area contributed by atoms with Gasteiger partial charge in [-0.1, -0.05) is 69.7 Å². The minimum absolute atomic E-state index is 0.165. The Labute approximate surface area is 136 Å². The van der Waals surface area contributed by atoms with Gasteiger partial charge in [0.25, 0.3) is 0 Å². The number of rotatable bonds is 8. The van der Waals surface area contributed by atoms with Crippen LogP contribution in [0.15, 0.2) is 24.3 Å². The van der Waals surface area contributed by atoms with Gasteiger partial charge in [0.1, 0.15) is 0 Å². The monoisotopic (exact) mass is 300 g/mol. The predicted molar refractivity (Wildman–Crippen MR) is 94.5 cm³/mol. The number of hydrogen-bond donors (Lipinski definition) is 0. The molecule has 1 aliphatic rings. The number of unbranched alkanes of at least 4 members (excludes halogenated alkanes) is 4. The van der Waals surface area contributed by atoms with E-state index in [9.17, 15) is 4.79 Å². The fourth-order valence-electron chi connectivity index (χ4n) is 3.81. The van der Waals surface area contributed by atoms with Crippen LogP contribution < -0.4 is 0 Å². The Bertz CT molecular complexity index is 437. The average molecular weight is 300 g/mol. The molecule has 2 rings (SSSR count). The van der Waals surface area contributed by atoms with Gasteiger partial charge >= 0.3 is 0 Å². The van der Waals surface area contributed by atoms with Crippen molar-refractivity contribution in [3.05, 3.63) is 35.4 Å². The number of ketones is 1. The van der Waals surface area contributed by atoms with Crippen molar-refractivity contribution in [2.24, 2.45) is 5.92 Å². The first-order valence-corrected chi connectivity index (χ1v) is 9.31. The first kappa shape index (κ1) is 17.2. The van der Waals surface area contributed by atoms with E-state index in [2.05, 4.69) is 19.1 Å². The molecule has 0 aliphatic heterocycles. The largest absolute Gasteiger partial charge is 0.295 e. The van der Waals surface area contributed by atoms with Crippen LogP contribution in [0.2, 0.25) is 0 Å². The van der Waals surface area contributed by atoms with Gasteiger partial charge in [-0.2, -0.15) is 0 Å². The van der Waals surface area contributed by atoms with Crippen molar-refractivity contribution < 1.29 is 4.79 Å². The normalized spacial score (nSPS) is 21.7. The molecule has 22 heavy (non-hydrogen) atoms. The Hall–Kier alpha value is -1.11. The molecule has 0 unspecified atom stereocenters. The summed E-state index contributed by atoms with van der Waals surface area (Å²) in [4.78, 5) is 11.3. The summed E-state index contributed by atoms with van der Waals surface area (Å²) in [6, 6.07) is 8.34. The summed E-state index contributed by atoms with van der Waals surface area (Å²) in [6.07, 6.45) is 13.9. The lowest BCUT2D eigenvalue weighted by Gasteiger charge is -2.29. The maximum Gasteiger partial charge on any atom is 0.159 e. The van der Waals surface area contributed by atoms with Crippen LogP contribution in [0.4, 0.5) is 0 Å². The van der Waals surface area contributed by atoms with Crippen molar-refractivity contribution in [2.75, 3.05) is 0 Å². The second kappa shape index (κ2) is 9.12. The minimum atomic E-state index is 0.165. The van der Waals surface area contributed by atoms with E-state index in [1.165, 1.54) is 69.8 Å². The topological polar surface area (TPSA) is 17.1 Å². The van der Waals surface area contributed by atoms with Crippen LogP contribution in [0.5, 0.6) is 0 Å². The summed E-state index contributed by atoms with van der Waals surface area (Å²) >= 11 is 0. The van der Waals surface area contributed by atoms with Gasteiger partial charge in [-0.15, -0.1) is 0 Å². The molecule has 1 fully saturated rings. The molecule has 1 saturated carbocycles. The van der Waals surface area contributed by atoms with Crippen molar-refractivity contribution in [2.45, 2.75) is 84.0 Å². The first-order chi connectivity index (χ1) is 10.7. The summed E-state index contributed by atoms with van der Waals surface area (Å²) in [7, 11) is 0. The highest BCUT2D eigenvalue weighted by Crippen LogP contribution is 2.37. The molecule has 0 saturated heterocycles. The molecular formula is C21H32O. The Morgan fingerprint density at radius 3 is 2.18 bits per heavy atom. The molecule has 0 bridgehead atoms. The van der Waals surface area contributed by atoms with Crippen LogP contribution in [0, 0.1) is 5.92 Å². The van der Waals surface area contributed by atoms with Crippen molar-refractivity contribution in [3.63, 3.8) is 0 Å².